The molecule has 1 N–H and O–H groups in total. The molecular weight excluding hydrogens is 467 g/mol. The van der Waals surface area contributed by atoms with Gasteiger partial charge in [0, 0.05) is 25.7 Å². The summed E-state index contributed by atoms with van der Waals surface area (Å²) in [5.41, 5.74) is 1.13. The number of likely N-dealkylation sites (tertiary alicyclic amines) is 2. The van der Waals surface area contributed by atoms with Gasteiger partial charge in [-0.1, -0.05) is 6.07 Å². The van der Waals surface area contributed by atoms with Gasteiger partial charge in [-0.05, 0) is 63.9 Å². The fraction of sp³-hybridized carbons (Fsp3) is 0.667. The number of guanidine groups is 1. The van der Waals surface area contributed by atoms with E-state index in [4.69, 9.17) is 14.5 Å². The highest BCUT2D eigenvalue weighted by Gasteiger charge is 2.30. The molecule has 1 aromatic carbocycles. The summed E-state index contributed by atoms with van der Waals surface area (Å²) in [4.78, 5) is 9.97. The number of halogens is 1. The molecule has 7 heteroatoms. The van der Waals surface area contributed by atoms with Crippen LogP contribution in [0.3, 0.4) is 0 Å². The average molecular weight is 502 g/mol. The summed E-state index contributed by atoms with van der Waals surface area (Å²) in [5.74, 6) is 2.57. The van der Waals surface area contributed by atoms with Crippen LogP contribution in [0.4, 0.5) is 0 Å². The summed E-state index contributed by atoms with van der Waals surface area (Å²) in [6, 6.07) is 6.74. The van der Waals surface area contributed by atoms with Gasteiger partial charge in [0.05, 0.1) is 20.3 Å². The molecule has 1 atom stereocenters. The summed E-state index contributed by atoms with van der Waals surface area (Å²) >= 11 is 0. The van der Waals surface area contributed by atoms with Gasteiger partial charge in [0.1, 0.15) is 0 Å². The van der Waals surface area contributed by atoms with E-state index in [1.807, 2.05) is 19.1 Å². The lowest BCUT2D eigenvalue weighted by Crippen LogP contribution is -2.42. The number of aliphatic imine (C=N–C) groups is 1. The minimum absolute atomic E-state index is 0. The van der Waals surface area contributed by atoms with Crippen LogP contribution < -0.4 is 14.8 Å². The first-order valence-corrected chi connectivity index (χ1v) is 10.3. The molecular formula is C21H35IN4O2. The van der Waals surface area contributed by atoms with Crippen LogP contribution >= 0.6 is 24.0 Å². The molecule has 2 heterocycles. The first-order valence-electron chi connectivity index (χ1n) is 10.3. The lowest BCUT2D eigenvalue weighted by Gasteiger charge is -2.25. The van der Waals surface area contributed by atoms with Crippen LogP contribution in [-0.2, 0) is 6.54 Å². The zero-order chi connectivity index (χ0) is 19.1. The lowest BCUT2D eigenvalue weighted by atomic mass is 10.2. The highest BCUT2D eigenvalue weighted by Crippen LogP contribution is 2.28. The van der Waals surface area contributed by atoms with Crippen molar-refractivity contribution in [2.24, 2.45) is 4.99 Å². The number of nitrogens with zero attached hydrogens (tertiary/aromatic N) is 3. The summed E-state index contributed by atoms with van der Waals surface area (Å²) in [5, 5.41) is 3.47. The Labute approximate surface area is 186 Å². The topological polar surface area (TPSA) is 49.3 Å². The molecule has 0 saturated carbocycles. The van der Waals surface area contributed by atoms with E-state index in [-0.39, 0.29) is 24.0 Å². The number of rotatable bonds is 7. The minimum atomic E-state index is 0. The zero-order valence-electron chi connectivity index (χ0n) is 17.4. The van der Waals surface area contributed by atoms with Crippen LogP contribution in [-0.4, -0.2) is 68.2 Å². The zero-order valence-corrected chi connectivity index (χ0v) is 19.8. The lowest BCUT2D eigenvalue weighted by molar-refractivity contribution is 0.249. The van der Waals surface area contributed by atoms with Crippen molar-refractivity contribution in [3.05, 3.63) is 23.8 Å². The molecule has 0 radical (unpaired) electrons. The molecule has 6 nitrogen and oxygen atoms in total. The number of benzene rings is 1. The average Bonchev–Trinajstić information content (AvgIpc) is 3.37. The maximum Gasteiger partial charge on any atom is 0.194 e. The van der Waals surface area contributed by atoms with Crippen molar-refractivity contribution in [1.82, 2.24) is 15.1 Å². The second-order valence-electron chi connectivity index (χ2n) is 7.22. The monoisotopic (exact) mass is 502 g/mol. The van der Waals surface area contributed by atoms with Gasteiger partial charge in [-0.15, -0.1) is 24.0 Å². The Morgan fingerprint density at radius 2 is 1.96 bits per heavy atom. The number of nitrogens with one attached hydrogen (secondary N) is 1. The van der Waals surface area contributed by atoms with E-state index in [1.54, 1.807) is 7.11 Å². The number of ether oxygens (including phenoxy) is 2. The summed E-state index contributed by atoms with van der Waals surface area (Å²) in [7, 11) is 1.67. The molecule has 0 amide bonds. The van der Waals surface area contributed by atoms with E-state index >= 15 is 0 Å². The van der Waals surface area contributed by atoms with Gasteiger partial charge < -0.3 is 19.7 Å². The second-order valence-corrected chi connectivity index (χ2v) is 7.22. The highest BCUT2D eigenvalue weighted by atomic mass is 127. The molecule has 158 valence electrons. The van der Waals surface area contributed by atoms with Crippen LogP contribution in [0.2, 0.25) is 0 Å². The third-order valence-electron chi connectivity index (χ3n) is 5.39. The maximum absolute atomic E-state index is 5.69. The number of hydrogen-bond acceptors (Lipinski definition) is 4. The fourth-order valence-electron chi connectivity index (χ4n) is 4.02. The molecule has 2 aliphatic rings. The molecule has 0 aromatic heterocycles. The molecule has 0 aliphatic carbocycles. The molecule has 2 fully saturated rings. The largest absolute Gasteiger partial charge is 0.493 e. The van der Waals surface area contributed by atoms with E-state index in [0.717, 1.165) is 42.7 Å². The Kier molecular flexibility index (Phi) is 9.64. The van der Waals surface area contributed by atoms with Crippen molar-refractivity contribution >= 4 is 29.9 Å². The van der Waals surface area contributed by atoms with E-state index in [0.29, 0.717) is 19.2 Å². The smallest absolute Gasteiger partial charge is 0.194 e. The maximum atomic E-state index is 5.69. The third-order valence-corrected chi connectivity index (χ3v) is 5.39. The van der Waals surface area contributed by atoms with Gasteiger partial charge in [0.25, 0.3) is 0 Å². The Morgan fingerprint density at radius 1 is 1.18 bits per heavy atom. The molecule has 1 aromatic rings. The van der Waals surface area contributed by atoms with Crippen molar-refractivity contribution in [1.29, 1.82) is 0 Å². The first-order chi connectivity index (χ1) is 13.2. The first kappa shape index (κ1) is 23.1. The molecule has 28 heavy (non-hydrogen) atoms. The van der Waals surface area contributed by atoms with Gasteiger partial charge in [-0.3, -0.25) is 4.90 Å². The summed E-state index contributed by atoms with van der Waals surface area (Å²) in [6.45, 7) is 10.9. The second kappa shape index (κ2) is 11.7. The van der Waals surface area contributed by atoms with E-state index in [2.05, 4.69) is 28.1 Å². The third kappa shape index (κ3) is 5.89. The van der Waals surface area contributed by atoms with Gasteiger partial charge >= 0.3 is 0 Å². The summed E-state index contributed by atoms with van der Waals surface area (Å²) < 4.78 is 11.1. The normalized spacial score (nSPS) is 20.2. The van der Waals surface area contributed by atoms with Crippen molar-refractivity contribution in [2.75, 3.05) is 46.4 Å². The van der Waals surface area contributed by atoms with Gasteiger partial charge in [-0.25, -0.2) is 4.99 Å². The predicted molar refractivity (Wildman–Crippen MR) is 125 cm³/mol. The van der Waals surface area contributed by atoms with Crippen molar-refractivity contribution in [3.63, 3.8) is 0 Å². The van der Waals surface area contributed by atoms with Crippen molar-refractivity contribution in [3.8, 4) is 11.5 Å². The molecule has 2 saturated heterocycles. The van der Waals surface area contributed by atoms with Crippen LogP contribution in [0.1, 0.15) is 38.7 Å². The van der Waals surface area contributed by atoms with Crippen molar-refractivity contribution < 1.29 is 9.47 Å². The van der Waals surface area contributed by atoms with Crippen LogP contribution in [0.5, 0.6) is 11.5 Å². The van der Waals surface area contributed by atoms with Crippen molar-refractivity contribution in [2.45, 2.75) is 45.7 Å². The number of methoxy groups -OCH3 is 1. The van der Waals surface area contributed by atoms with Crippen LogP contribution in [0, 0.1) is 0 Å². The Morgan fingerprint density at radius 3 is 2.64 bits per heavy atom. The highest BCUT2D eigenvalue weighted by molar-refractivity contribution is 14.0. The van der Waals surface area contributed by atoms with Crippen LogP contribution in [0.25, 0.3) is 0 Å². The predicted octanol–water partition coefficient (Wildman–Crippen LogP) is 3.35. The molecule has 3 rings (SSSR count). The SMILES string of the molecule is CCNC(=NCc1ccc(OC)c(OCC)c1)N1CCC(N2CCCC2)C1.I. The van der Waals surface area contributed by atoms with Gasteiger partial charge in [0.2, 0.25) is 0 Å². The summed E-state index contributed by atoms with van der Waals surface area (Å²) in [6.07, 6.45) is 3.94. The molecule has 1 unspecified atom stereocenters. The van der Waals surface area contributed by atoms with E-state index in [9.17, 15) is 0 Å². The molecule has 0 bridgehead atoms. The quantitative estimate of drug-likeness (QED) is 0.352. The molecule has 2 aliphatic heterocycles. The minimum Gasteiger partial charge on any atom is -0.493 e. The van der Waals surface area contributed by atoms with E-state index in [1.165, 1.54) is 32.4 Å². The van der Waals surface area contributed by atoms with Crippen LogP contribution in [0.15, 0.2) is 23.2 Å². The molecule has 0 spiro atoms. The van der Waals surface area contributed by atoms with Gasteiger partial charge in [0.15, 0.2) is 17.5 Å². The number of hydrogen-bond donors (Lipinski definition) is 1. The Balaban J connectivity index is 0.00000280. The Bertz CT molecular complexity index is 635. The van der Waals surface area contributed by atoms with E-state index < -0.39 is 0 Å². The standard InChI is InChI=1S/C21H34N4O2.HI/c1-4-22-21(25-13-10-18(16-25)24-11-6-7-12-24)23-15-17-8-9-19(26-3)20(14-17)27-5-2;/h8-9,14,18H,4-7,10-13,15-16H2,1-3H3,(H,22,23);1H. The van der Waals surface area contributed by atoms with Gasteiger partial charge in [-0.2, -0.15) is 0 Å². The fourth-order valence-corrected chi connectivity index (χ4v) is 4.02. The Hall–Kier alpha value is -1.22.